The van der Waals surface area contributed by atoms with Crippen LogP contribution in [-0.4, -0.2) is 100 Å². The second-order valence-corrected chi connectivity index (χ2v) is 22.8. The summed E-state index contributed by atoms with van der Waals surface area (Å²) >= 11 is 0. The number of benzene rings is 4. The van der Waals surface area contributed by atoms with Gasteiger partial charge in [0.2, 0.25) is 0 Å². The summed E-state index contributed by atoms with van der Waals surface area (Å²) in [6, 6.07) is 41.0. The maximum Gasteiger partial charge on any atom is 0.185 e. The van der Waals surface area contributed by atoms with Crippen molar-refractivity contribution in [2.45, 2.75) is 182 Å². The zero-order chi connectivity index (χ0) is 55.0. The molecule has 0 N–H and O–H groups in total. The minimum Gasteiger partial charge on any atom is -0.374 e. The Morgan fingerprint density at radius 1 is 0.385 bits per heavy atom. The Labute approximate surface area is 467 Å². The highest BCUT2D eigenvalue weighted by Gasteiger charge is 2.52. The predicted octanol–water partition coefficient (Wildman–Crippen LogP) is 12.8. The van der Waals surface area contributed by atoms with Crippen molar-refractivity contribution in [3.05, 3.63) is 156 Å². The average molecular weight is 1080 g/mol. The monoisotopic (exact) mass is 1080 g/mol. The van der Waals surface area contributed by atoms with Crippen LogP contribution in [0.3, 0.4) is 0 Å². The maximum atomic E-state index is 7.43. The van der Waals surface area contributed by atoms with Gasteiger partial charge in [0.15, 0.2) is 25.2 Å². The second-order valence-electron chi connectivity index (χ2n) is 22.8. The number of ether oxygens (including phenoxy) is 12. The van der Waals surface area contributed by atoms with Crippen molar-refractivity contribution >= 4 is 0 Å². The Bertz CT molecular complexity index is 2290. The first-order valence-electron chi connectivity index (χ1n) is 29.2. The standard InChI is InChI=1S/C66H92O12/c1-11-13-26-35-69-63-59(70-38-53-31-22-16-23-32-53)47(7)45(5)58(75-63)42-72-64-61(50(10)46(6)56(74-64)40-67-36-51-27-18-14-19-28-51)77-66-62(49(9)43(3)55(12-2)73-66)78-65-60(71-39-54-33-24-17-25-34-54)48(8)44(4)57(76-65)41-68-37-52-29-20-15-21-30-52/h11,14-25,27-34,43-50,55-66H,1,12-13,26,35-42H2,2-10H3/t43-,44-,45-,46-,47+,48+,49+,50+,55?,56?,57?,58?,59?,60?,61?,62?,63-,64-,65+,66+/m1/s1. The molecule has 4 aliphatic rings. The van der Waals surface area contributed by atoms with Crippen LogP contribution in [0.2, 0.25) is 0 Å². The predicted molar refractivity (Wildman–Crippen MR) is 302 cm³/mol. The smallest absolute Gasteiger partial charge is 0.185 e. The third-order valence-corrected chi connectivity index (χ3v) is 17.6. The normalized spacial score (nSPS) is 35.3. The molecule has 4 saturated heterocycles. The first kappa shape index (κ1) is 60.2. The van der Waals surface area contributed by atoms with Crippen LogP contribution in [0.5, 0.6) is 0 Å². The van der Waals surface area contributed by atoms with E-state index in [-0.39, 0.29) is 90.6 Å². The van der Waals surface area contributed by atoms with E-state index in [0.717, 1.165) is 41.5 Å². The van der Waals surface area contributed by atoms with Gasteiger partial charge in [0.25, 0.3) is 0 Å². The van der Waals surface area contributed by atoms with E-state index in [9.17, 15) is 0 Å². The molecular weight excluding hydrogens is 985 g/mol. The molecule has 4 aromatic rings. The van der Waals surface area contributed by atoms with E-state index in [2.05, 4.69) is 117 Å². The molecule has 0 aliphatic carbocycles. The van der Waals surface area contributed by atoms with Gasteiger partial charge in [-0.2, -0.15) is 0 Å². The topological polar surface area (TPSA) is 111 Å². The number of rotatable bonds is 27. The molecule has 0 bridgehead atoms. The van der Waals surface area contributed by atoms with Gasteiger partial charge >= 0.3 is 0 Å². The maximum absolute atomic E-state index is 7.43. The summed E-state index contributed by atoms with van der Waals surface area (Å²) in [6.45, 7) is 27.3. The second kappa shape index (κ2) is 30.3. The van der Waals surface area contributed by atoms with Crippen LogP contribution in [-0.2, 0) is 83.3 Å². The zero-order valence-electron chi connectivity index (χ0n) is 48.1. The lowest BCUT2D eigenvalue weighted by Crippen LogP contribution is -2.60. The molecule has 4 heterocycles. The largest absolute Gasteiger partial charge is 0.374 e. The Balaban J connectivity index is 1.04. The third-order valence-electron chi connectivity index (χ3n) is 17.6. The highest BCUT2D eigenvalue weighted by atomic mass is 16.8. The summed E-state index contributed by atoms with van der Waals surface area (Å²) in [5.74, 6) is 0.488. The molecule has 0 aromatic heterocycles. The number of unbranched alkanes of at least 4 members (excludes halogenated alkanes) is 1. The number of allylic oxidation sites excluding steroid dienone is 1. The van der Waals surface area contributed by atoms with E-state index in [1.54, 1.807) is 0 Å². The van der Waals surface area contributed by atoms with Gasteiger partial charge in [0, 0.05) is 0 Å². The van der Waals surface area contributed by atoms with Crippen LogP contribution in [0.15, 0.2) is 134 Å². The summed E-state index contributed by atoms with van der Waals surface area (Å²) in [6.07, 6.45) is -1.21. The fourth-order valence-electron chi connectivity index (χ4n) is 11.6. The molecule has 4 fully saturated rings. The molecule has 78 heavy (non-hydrogen) atoms. The molecule has 4 aromatic carbocycles. The minimum absolute atomic E-state index is 0.0173. The minimum atomic E-state index is -0.800. The molecular formula is C66H92O12. The van der Waals surface area contributed by atoms with Gasteiger partial charge in [-0.05, 0) is 88.9 Å². The molecule has 0 spiro atoms. The van der Waals surface area contributed by atoms with E-state index in [4.69, 9.17) is 56.8 Å². The Morgan fingerprint density at radius 2 is 0.731 bits per heavy atom. The van der Waals surface area contributed by atoms with Crippen LogP contribution >= 0.6 is 0 Å². The van der Waals surface area contributed by atoms with E-state index in [0.29, 0.717) is 46.2 Å². The molecule has 8 rings (SSSR count). The van der Waals surface area contributed by atoms with Gasteiger partial charge in [-0.15, -0.1) is 6.58 Å². The highest BCUT2D eigenvalue weighted by molar-refractivity contribution is 5.16. The van der Waals surface area contributed by atoms with Crippen LogP contribution in [0.1, 0.15) is 104 Å². The molecule has 12 heteroatoms. The zero-order valence-corrected chi connectivity index (χ0v) is 48.1. The summed E-state index contributed by atoms with van der Waals surface area (Å²) < 4.78 is 82.8. The quantitative estimate of drug-likeness (QED) is 0.0419. The summed E-state index contributed by atoms with van der Waals surface area (Å²) in [4.78, 5) is 0. The van der Waals surface area contributed by atoms with Gasteiger partial charge in [0.05, 0.1) is 77.3 Å². The van der Waals surface area contributed by atoms with Crippen molar-refractivity contribution in [3.8, 4) is 0 Å². The average Bonchev–Trinajstić information content (AvgIpc) is 3.53. The highest BCUT2D eigenvalue weighted by Crippen LogP contribution is 2.43. The first-order valence-corrected chi connectivity index (χ1v) is 29.2. The fourth-order valence-corrected chi connectivity index (χ4v) is 11.6. The summed E-state index contributed by atoms with van der Waals surface area (Å²) in [5, 5.41) is 0. The van der Waals surface area contributed by atoms with Crippen LogP contribution in [0, 0.1) is 47.3 Å². The fraction of sp³-hybridized carbons (Fsp3) is 0.606. The van der Waals surface area contributed by atoms with E-state index in [1.165, 1.54) is 0 Å². The van der Waals surface area contributed by atoms with E-state index >= 15 is 0 Å². The Morgan fingerprint density at radius 3 is 1.18 bits per heavy atom. The van der Waals surface area contributed by atoms with Gasteiger partial charge in [-0.25, -0.2) is 0 Å². The van der Waals surface area contributed by atoms with Crippen molar-refractivity contribution in [3.63, 3.8) is 0 Å². The van der Waals surface area contributed by atoms with Gasteiger partial charge in [-0.3, -0.25) is 0 Å². The van der Waals surface area contributed by atoms with Gasteiger partial charge < -0.3 is 56.8 Å². The Kier molecular flexibility index (Phi) is 23.4. The summed E-state index contributed by atoms with van der Waals surface area (Å²) in [7, 11) is 0. The van der Waals surface area contributed by atoms with Crippen molar-refractivity contribution in [2.24, 2.45) is 47.3 Å². The molecule has 0 amide bonds. The first-order chi connectivity index (χ1) is 37.9. The van der Waals surface area contributed by atoms with Crippen molar-refractivity contribution in [1.29, 1.82) is 0 Å². The van der Waals surface area contributed by atoms with Crippen molar-refractivity contribution in [1.82, 2.24) is 0 Å². The molecule has 12 nitrogen and oxygen atoms in total. The molecule has 428 valence electrons. The lowest BCUT2D eigenvalue weighted by atomic mass is 9.81. The number of hydrogen-bond donors (Lipinski definition) is 0. The lowest BCUT2D eigenvalue weighted by Gasteiger charge is -2.51. The van der Waals surface area contributed by atoms with Gasteiger partial charge in [0.1, 0.15) is 24.4 Å². The SMILES string of the molecule is C=CCCCO[C@@H]1OC(CO[C@@H]2OC(COCc3ccccc3)[C@H](C)[C@H](C)C2O[C@@H]2OC(CC)[C@H](C)[C@H](C)C2O[C@@H]2OC(COCc3ccccc3)[C@H](C)[C@H](C)C2OCc2ccccc2)[C@H](C)[C@H](C)C1OCc1ccccc1. The van der Waals surface area contributed by atoms with Crippen molar-refractivity contribution < 1.29 is 56.8 Å². The van der Waals surface area contributed by atoms with Crippen molar-refractivity contribution in [2.75, 3.05) is 26.4 Å². The molecule has 0 radical (unpaired) electrons. The van der Waals surface area contributed by atoms with Crippen LogP contribution in [0.4, 0.5) is 0 Å². The van der Waals surface area contributed by atoms with E-state index in [1.807, 2.05) is 78.9 Å². The Hall–Kier alpha value is -3.86. The van der Waals surface area contributed by atoms with Crippen LogP contribution < -0.4 is 0 Å². The molecule has 20 atom stereocenters. The molecule has 0 saturated carbocycles. The lowest BCUT2D eigenvalue weighted by molar-refractivity contribution is -0.380. The summed E-state index contributed by atoms with van der Waals surface area (Å²) in [5.41, 5.74) is 4.40. The number of hydrogen-bond acceptors (Lipinski definition) is 12. The van der Waals surface area contributed by atoms with Gasteiger partial charge in [-0.1, -0.05) is 190 Å². The van der Waals surface area contributed by atoms with Crippen LogP contribution in [0.25, 0.3) is 0 Å². The third kappa shape index (κ3) is 16.0. The van der Waals surface area contributed by atoms with E-state index < -0.39 is 37.4 Å². The molecule has 4 aliphatic heterocycles. The molecule has 8 unspecified atom stereocenters.